The van der Waals surface area contributed by atoms with Crippen molar-refractivity contribution >= 4 is 35.3 Å². The lowest BCUT2D eigenvalue weighted by atomic mass is 10.1. The average molecular weight is 484 g/mol. The number of nitro groups is 1. The third kappa shape index (κ3) is 4.94. The van der Waals surface area contributed by atoms with E-state index in [1.54, 1.807) is 18.2 Å². The van der Waals surface area contributed by atoms with Crippen molar-refractivity contribution in [1.82, 2.24) is 0 Å². The fourth-order valence-corrected chi connectivity index (χ4v) is 3.41. The summed E-state index contributed by atoms with van der Waals surface area (Å²) in [6.07, 6.45) is 1.19. The lowest BCUT2D eigenvalue weighted by Gasteiger charge is -2.29. The van der Waals surface area contributed by atoms with E-state index in [-0.39, 0.29) is 29.4 Å². The van der Waals surface area contributed by atoms with Gasteiger partial charge in [-0.25, -0.2) is 9.59 Å². The summed E-state index contributed by atoms with van der Waals surface area (Å²) < 4.78 is 21.8. The van der Waals surface area contributed by atoms with Gasteiger partial charge in [0.25, 0.3) is 11.5 Å². The van der Waals surface area contributed by atoms with Crippen LogP contribution >= 0.6 is 11.6 Å². The Labute approximate surface area is 198 Å². The van der Waals surface area contributed by atoms with Crippen LogP contribution in [0.2, 0.25) is 5.02 Å². The molecule has 1 aromatic heterocycles. The molecule has 0 unspecified atom stereocenters. The van der Waals surface area contributed by atoms with Gasteiger partial charge in [-0.2, -0.15) is 0 Å². The summed E-state index contributed by atoms with van der Waals surface area (Å²) in [6, 6.07) is 14.3. The number of nitrogens with zero attached hydrogens (tertiary/aromatic N) is 1. The number of non-ortho nitro benzene ring substituents is 1. The van der Waals surface area contributed by atoms with Crippen LogP contribution in [0, 0.1) is 10.1 Å². The van der Waals surface area contributed by atoms with Crippen LogP contribution < -0.4 is 4.74 Å². The van der Waals surface area contributed by atoms with E-state index < -0.39 is 22.6 Å². The van der Waals surface area contributed by atoms with Crippen LogP contribution in [0.15, 0.2) is 64.6 Å². The standard InChI is InChI=1S/C24H18ClNO8/c1-24(2)33-22(27)18(23(28)34-24)12-16-8-10-21(32-16)17-11-15(26(29)30)7-9-20(17)31-13-14-5-3-4-6-19(14)25/h3-12H,13H2,1-2H3. The van der Waals surface area contributed by atoms with Crippen molar-refractivity contribution in [2.24, 2.45) is 0 Å². The monoisotopic (exact) mass is 483 g/mol. The van der Waals surface area contributed by atoms with E-state index in [0.29, 0.717) is 16.3 Å². The Morgan fingerprint density at radius 1 is 1.06 bits per heavy atom. The Hall–Kier alpha value is -4.11. The molecule has 34 heavy (non-hydrogen) atoms. The third-order valence-corrected chi connectivity index (χ3v) is 5.18. The van der Waals surface area contributed by atoms with Crippen LogP contribution in [-0.4, -0.2) is 22.6 Å². The summed E-state index contributed by atoms with van der Waals surface area (Å²) in [4.78, 5) is 35.1. The number of hydrogen-bond acceptors (Lipinski definition) is 8. The van der Waals surface area contributed by atoms with E-state index in [1.165, 1.54) is 50.3 Å². The van der Waals surface area contributed by atoms with Crippen molar-refractivity contribution in [3.63, 3.8) is 0 Å². The Kier molecular flexibility index (Phi) is 6.12. The van der Waals surface area contributed by atoms with Crippen LogP contribution in [-0.2, 0) is 25.7 Å². The van der Waals surface area contributed by atoms with Crippen molar-refractivity contribution in [3.05, 3.63) is 86.6 Å². The second-order valence-electron chi connectivity index (χ2n) is 7.76. The van der Waals surface area contributed by atoms with Gasteiger partial charge in [0.05, 0.1) is 10.5 Å². The zero-order valence-corrected chi connectivity index (χ0v) is 18.8. The molecule has 1 aliphatic rings. The minimum atomic E-state index is -1.36. The van der Waals surface area contributed by atoms with Gasteiger partial charge in [0, 0.05) is 42.6 Å². The summed E-state index contributed by atoms with van der Waals surface area (Å²) in [7, 11) is 0. The Morgan fingerprint density at radius 2 is 1.76 bits per heavy atom. The second-order valence-corrected chi connectivity index (χ2v) is 8.16. The van der Waals surface area contributed by atoms with Crippen LogP contribution in [0.1, 0.15) is 25.2 Å². The molecule has 0 aliphatic carbocycles. The maximum absolute atomic E-state index is 12.2. The molecule has 2 aromatic carbocycles. The first-order valence-corrected chi connectivity index (χ1v) is 10.4. The molecule has 2 heterocycles. The summed E-state index contributed by atoms with van der Waals surface area (Å²) >= 11 is 6.18. The number of halogens is 1. The highest BCUT2D eigenvalue weighted by Gasteiger charge is 2.39. The zero-order valence-electron chi connectivity index (χ0n) is 18.1. The van der Waals surface area contributed by atoms with Gasteiger partial charge in [-0.05, 0) is 24.3 Å². The Balaban J connectivity index is 1.65. The molecule has 3 aromatic rings. The van der Waals surface area contributed by atoms with Gasteiger partial charge >= 0.3 is 11.9 Å². The largest absolute Gasteiger partial charge is 0.488 e. The minimum absolute atomic E-state index is 0.121. The topological polar surface area (TPSA) is 118 Å². The van der Waals surface area contributed by atoms with Gasteiger partial charge in [-0.3, -0.25) is 10.1 Å². The molecule has 174 valence electrons. The number of nitro benzene ring substituents is 1. The molecule has 1 saturated heterocycles. The predicted molar refractivity (Wildman–Crippen MR) is 121 cm³/mol. The van der Waals surface area contributed by atoms with Crippen molar-refractivity contribution in [3.8, 4) is 17.1 Å². The number of ether oxygens (including phenoxy) is 3. The zero-order chi connectivity index (χ0) is 24.5. The number of hydrogen-bond donors (Lipinski definition) is 0. The van der Waals surface area contributed by atoms with Crippen molar-refractivity contribution in [1.29, 1.82) is 0 Å². The molecule has 0 amide bonds. The van der Waals surface area contributed by atoms with Gasteiger partial charge in [-0.1, -0.05) is 29.8 Å². The Bertz CT molecular complexity index is 1300. The number of carbonyl (C=O) groups excluding carboxylic acids is 2. The molecule has 0 saturated carbocycles. The molecule has 0 spiro atoms. The maximum Gasteiger partial charge on any atom is 0.348 e. The summed E-state index contributed by atoms with van der Waals surface area (Å²) in [5.74, 6) is -2.38. The van der Waals surface area contributed by atoms with Gasteiger partial charge in [0.15, 0.2) is 0 Å². The fourth-order valence-electron chi connectivity index (χ4n) is 3.22. The van der Waals surface area contributed by atoms with Gasteiger partial charge in [0.2, 0.25) is 0 Å². The molecule has 0 N–H and O–H groups in total. The number of furan rings is 1. The highest BCUT2D eigenvalue weighted by Crippen LogP contribution is 2.36. The minimum Gasteiger partial charge on any atom is -0.488 e. The van der Waals surface area contributed by atoms with E-state index in [2.05, 4.69) is 0 Å². The Morgan fingerprint density at radius 3 is 2.44 bits per heavy atom. The van der Waals surface area contributed by atoms with Crippen molar-refractivity contribution < 1.29 is 33.1 Å². The highest BCUT2D eigenvalue weighted by atomic mass is 35.5. The molecular formula is C24H18ClNO8. The lowest BCUT2D eigenvalue weighted by Crippen LogP contribution is -2.41. The van der Waals surface area contributed by atoms with Crippen LogP contribution in [0.3, 0.4) is 0 Å². The summed E-state index contributed by atoms with van der Waals surface area (Å²) in [5, 5.41) is 11.8. The number of rotatable bonds is 6. The van der Waals surface area contributed by atoms with E-state index in [1.807, 2.05) is 6.07 Å². The van der Waals surface area contributed by atoms with E-state index in [0.717, 1.165) is 5.56 Å². The molecule has 0 bridgehead atoms. The molecule has 1 aliphatic heterocycles. The molecule has 4 rings (SSSR count). The van der Waals surface area contributed by atoms with E-state index in [9.17, 15) is 19.7 Å². The van der Waals surface area contributed by atoms with Crippen molar-refractivity contribution in [2.75, 3.05) is 0 Å². The first kappa shape index (κ1) is 23.1. The van der Waals surface area contributed by atoms with Crippen LogP contribution in [0.25, 0.3) is 17.4 Å². The maximum atomic E-state index is 12.2. The van der Waals surface area contributed by atoms with E-state index in [4.69, 9.17) is 30.2 Å². The lowest BCUT2D eigenvalue weighted by molar-refractivity contribution is -0.384. The first-order chi connectivity index (χ1) is 16.1. The quantitative estimate of drug-likeness (QED) is 0.152. The molecule has 9 nitrogen and oxygen atoms in total. The summed E-state index contributed by atoms with van der Waals surface area (Å²) in [6.45, 7) is 3.00. The number of esters is 2. The number of benzene rings is 2. The molecule has 10 heteroatoms. The SMILES string of the molecule is CC1(C)OC(=O)C(=Cc2ccc(-c3cc([N+](=O)[O-])ccc3OCc3ccccc3Cl)o2)C(=O)O1. The van der Waals surface area contributed by atoms with Crippen LogP contribution in [0.4, 0.5) is 5.69 Å². The van der Waals surface area contributed by atoms with Gasteiger partial charge < -0.3 is 18.6 Å². The first-order valence-electron chi connectivity index (χ1n) is 10.1. The number of cyclic esters (lactones) is 2. The van der Waals surface area contributed by atoms with Crippen LogP contribution in [0.5, 0.6) is 5.75 Å². The predicted octanol–water partition coefficient (Wildman–Crippen LogP) is 5.31. The molecular weight excluding hydrogens is 466 g/mol. The fraction of sp³-hybridized carbons (Fsp3) is 0.167. The van der Waals surface area contributed by atoms with Gasteiger partial charge in [0.1, 0.15) is 29.4 Å². The average Bonchev–Trinajstić information content (AvgIpc) is 3.23. The molecule has 0 radical (unpaired) electrons. The van der Waals surface area contributed by atoms with Gasteiger partial charge in [-0.15, -0.1) is 0 Å². The second kappa shape index (κ2) is 9.03. The number of carbonyl (C=O) groups is 2. The van der Waals surface area contributed by atoms with E-state index >= 15 is 0 Å². The normalized spacial score (nSPS) is 14.9. The molecule has 1 fully saturated rings. The molecule has 0 atom stereocenters. The third-order valence-electron chi connectivity index (χ3n) is 4.81. The highest BCUT2D eigenvalue weighted by molar-refractivity contribution is 6.31. The van der Waals surface area contributed by atoms with Crippen molar-refractivity contribution in [2.45, 2.75) is 26.2 Å². The summed E-state index contributed by atoms with van der Waals surface area (Å²) in [5.41, 5.74) is 0.531. The smallest absolute Gasteiger partial charge is 0.348 e.